The molecule has 0 radical (unpaired) electrons. The predicted molar refractivity (Wildman–Crippen MR) is 78.9 cm³/mol. The summed E-state index contributed by atoms with van der Waals surface area (Å²) < 4.78 is 5.33. The molecule has 0 saturated carbocycles. The molecule has 0 aromatic carbocycles. The minimum atomic E-state index is -0.190. The van der Waals surface area contributed by atoms with Crippen molar-refractivity contribution in [1.29, 1.82) is 0 Å². The number of carbonyl (C=O) groups is 1. The van der Waals surface area contributed by atoms with Crippen LogP contribution < -0.4 is 5.32 Å². The Morgan fingerprint density at radius 2 is 2.25 bits per heavy atom. The van der Waals surface area contributed by atoms with Crippen LogP contribution in [0.4, 0.5) is 0 Å². The van der Waals surface area contributed by atoms with E-state index in [-0.39, 0.29) is 18.1 Å². The quantitative estimate of drug-likeness (QED) is 0.816. The van der Waals surface area contributed by atoms with Crippen LogP contribution in [0.25, 0.3) is 0 Å². The SMILES string of the molecule is Cc1cc(C(=O)NC2(C)CCOCC2)sc1C#CCO. The van der Waals surface area contributed by atoms with E-state index in [4.69, 9.17) is 9.84 Å². The van der Waals surface area contributed by atoms with Crippen molar-refractivity contribution in [2.24, 2.45) is 0 Å². The van der Waals surface area contributed by atoms with Crippen LogP contribution in [-0.2, 0) is 4.74 Å². The number of aryl methyl sites for hydroxylation is 1. The standard InChI is InChI=1S/C15H19NO3S/c1-11-10-13(20-12(11)4-3-7-17)14(18)16-15(2)5-8-19-9-6-15/h10,17H,5-9H2,1-2H3,(H,16,18). The fourth-order valence-electron chi connectivity index (χ4n) is 2.12. The highest BCUT2D eigenvalue weighted by Crippen LogP contribution is 2.24. The van der Waals surface area contributed by atoms with Crippen molar-refractivity contribution in [2.45, 2.75) is 32.2 Å². The van der Waals surface area contributed by atoms with Crippen molar-refractivity contribution >= 4 is 17.2 Å². The Kier molecular flexibility index (Phi) is 4.81. The first kappa shape index (κ1) is 15.0. The number of nitrogens with one attached hydrogen (secondary N) is 1. The van der Waals surface area contributed by atoms with Crippen molar-refractivity contribution in [3.05, 3.63) is 21.4 Å². The lowest BCUT2D eigenvalue weighted by molar-refractivity contribution is 0.0424. The van der Waals surface area contributed by atoms with Crippen LogP contribution in [0.2, 0.25) is 0 Å². The van der Waals surface area contributed by atoms with Crippen LogP contribution in [-0.4, -0.2) is 36.4 Å². The van der Waals surface area contributed by atoms with Crippen LogP contribution in [0.5, 0.6) is 0 Å². The average Bonchev–Trinajstić information content (AvgIpc) is 2.78. The number of rotatable bonds is 2. The first-order valence-corrected chi connectivity index (χ1v) is 7.46. The van der Waals surface area contributed by atoms with Gasteiger partial charge >= 0.3 is 0 Å². The molecule has 5 heteroatoms. The van der Waals surface area contributed by atoms with Crippen molar-refractivity contribution in [3.63, 3.8) is 0 Å². The van der Waals surface area contributed by atoms with Gasteiger partial charge in [-0.3, -0.25) is 4.79 Å². The normalized spacial score (nSPS) is 17.1. The molecule has 0 unspecified atom stereocenters. The number of hydrogen-bond donors (Lipinski definition) is 2. The molecule has 0 bridgehead atoms. The molecule has 1 aliphatic heterocycles. The average molecular weight is 293 g/mol. The smallest absolute Gasteiger partial charge is 0.261 e. The predicted octanol–water partition coefficient (Wildman–Crippen LogP) is 1.70. The second-order valence-corrected chi connectivity index (χ2v) is 6.26. The molecule has 2 rings (SSSR count). The Hall–Kier alpha value is -1.35. The summed E-state index contributed by atoms with van der Waals surface area (Å²) in [7, 11) is 0. The zero-order chi connectivity index (χ0) is 14.6. The van der Waals surface area contributed by atoms with E-state index >= 15 is 0 Å². The van der Waals surface area contributed by atoms with Gasteiger partial charge in [-0.05, 0) is 38.3 Å². The van der Waals surface area contributed by atoms with Gasteiger partial charge in [0.1, 0.15) is 6.61 Å². The fraction of sp³-hybridized carbons (Fsp3) is 0.533. The molecule has 1 aliphatic rings. The van der Waals surface area contributed by atoms with E-state index in [9.17, 15) is 4.79 Å². The number of hydrogen-bond acceptors (Lipinski definition) is 4. The van der Waals surface area contributed by atoms with Gasteiger partial charge < -0.3 is 15.2 Å². The molecule has 0 spiro atoms. The Morgan fingerprint density at radius 3 is 2.90 bits per heavy atom. The molecule has 1 saturated heterocycles. The summed E-state index contributed by atoms with van der Waals surface area (Å²) in [6, 6.07) is 1.85. The monoisotopic (exact) mass is 293 g/mol. The third-order valence-electron chi connectivity index (χ3n) is 3.43. The van der Waals surface area contributed by atoms with Gasteiger partial charge in [-0.1, -0.05) is 11.8 Å². The van der Waals surface area contributed by atoms with E-state index in [0.29, 0.717) is 18.1 Å². The molecular weight excluding hydrogens is 274 g/mol. The first-order chi connectivity index (χ1) is 9.54. The molecule has 1 aromatic heterocycles. The number of amides is 1. The zero-order valence-corrected chi connectivity index (χ0v) is 12.6. The molecule has 1 aromatic rings. The molecule has 1 fully saturated rings. The van der Waals surface area contributed by atoms with Gasteiger partial charge in [0.05, 0.1) is 9.75 Å². The van der Waals surface area contributed by atoms with Gasteiger partial charge in [0.25, 0.3) is 5.91 Å². The zero-order valence-electron chi connectivity index (χ0n) is 11.8. The van der Waals surface area contributed by atoms with E-state index < -0.39 is 0 Å². The maximum atomic E-state index is 12.3. The summed E-state index contributed by atoms with van der Waals surface area (Å²) >= 11 is 1.37. The molecule has 20 heavy (non-hydrogen) atoms. The van der Waals surface area contributed by atoms with E-state index in [0.717, 1.165) is 23.3 Å². The van der Waals surface area contributed by atoms with Crippen LogP contribution in [0.15, 0.2) is 6.07 Å². The lowest BCUT2D eigenvalue weighted by Gasteiger charge is -2.34. The minimum absolute atomic E-state index is 0.0560. The van der Waals surface area contributed by atoms with Crippen molar-refractivity contribution in [3.8, 4) is 11.8 Å². The van der Waals surface area contributed by atoms with E-state index in [1.807, 2.05) is 13.0 Å². The topological polar surface area (TPSA) is 58.6 Å². The van der Waals surface area contributed by atoms with Crippen molar-refractivity contribution in [1.82, 2.24) is 5.32 Å². The van der Waals surface area contributed by atoms with Crippen LogP contribution >= 0.6 is 11.3 Å². The molecule has 2 heterocycles. The summed E-state index contributed by atoms with van der Waals surface area (Å²) in [5, 5.41) is 11.8. The summed E-state index contributed by atoms with van der Waals surface area (Å²) in [4.78, 5) is 13.8. The second kappa shape index (κ2) is 6.40. The first-order valence-electron chi connectivity index (χ1n) is 6.64. The van der Waals surface area contributed by atoms with Gasteiger partial charge in [0.15, 0.2) is 0 Å². The molecule has 1 amide bonds. The third kappa shape index (κ3) is 3.60. The van der Waals surface area contributed by atoms with Crippen molar-refractivity contribution < 1.29 is 14.6 Å². The lowest BCUT2D eigenvalue weighted by Crippen LogP contribution is -2.49. The van der Waals surface area contributed by atoms with E-state index in [1.165, 1.54) is 11.3 Å². The van der Waals surface area contributed by atoms with Crippen LogP contribution in [0, 0.1) is 18.8 Å². The fourth-order valence-corrected chi connectivity index (χ4v) is 3.06. The van der Waals surface area contributed by atoms with Crippen LogP contribution in [0.3, 0.4) is 0 Å². The van der Waals surface area contributed by atoms with Crippen molar-refractivity contribution in [2.75, 3.05) is 19.8 Å². The summed E-state index contributed by atoms with van der Waals surface area (Å²) in [5.74, 6) is 5.43. The highest BCUT2D eigenvalue weighted by atomic mass is 32.1. The molecule has 108 valence electrons. The van der Waals surface area contributed by atoms with Gasteiger partial charge in [-0.25, -0.2) is 0 Å². The minimum Gasteiger partial charge on any atom is -0.384 e. The Balaban J connectivity index is 2.09. The highest BCUT2D eigenvalue weighted by molar-refractivity contribution is 7.14. The molecule has 2 N–H and O–H groups in total. The lowest BCUT2D eigenvalue weighted by atomic mass is 9.92. The Bertz CT molecular complexity index is 547. The number of aliphatic hydroxyl groups excluding tert-OH is 1. The van der Waals surface area contributed by atoms with Gasteiger partial charge in [-0.15, -0.1) is 11.3 Å². The largest absolute Gasteiger partial charge is 0.384 e. The van der Waals surface area contributed by atoms with Gasteiger partial charge in [0.2, 0.25) is 0 Å². The third-order valence-corrected chi connectivity index (χ3v) is 4.59. The van der Waals surface area contributed by atoms with Crippen LogP contribution in [0.1, 0.15) is 39.9 Å². The van der Waals surface area contributed by atoms with Gasteiger partial charge in [0, 0.05) is 18.8 Å². The molecule has 0 atom stereocenters. The number of carbonyl (C=O) groups excluding carboxylic acids is 1. The molecular formula is C15H19NO3S. The Morgan fingerprint density at radius 1 is 1.55 bits per heavy atom. The summed E-state index contributed by atoms with van der Waals surface area (Å²) in [6.45, 7) is 5.18. The summed E-state index contributed by atoms with van der Waals surface area (Å²) in [6.07, 6.45) is 1.67. The molecule has 0 aliphatic carbocycles. The van der Waals surface area contributed by atoms with E-state index in [2.05, 4.69) is 24.1 Å². The second-order valence-electron chi connectivity index (χ2n) is 5.21. The Labute approximate surface area is 123 Å². The molecule has 4 nitrogen and oxygen atoms in total. The maximum Gasteiger partial charge on any atom is 0.261 e. The number of aliphatic hydroxyl groups is 1. The summed E-state index contributed by atoms with van der Waals surface area (Å²) in [5.41, 5.74) is 0.780. The number of thiophene rings is 1. The maximum absolute atomic E-state index is 12.3. The number of ether oxygens (including phenoxy) is 1. The van der Waals surface area contributed by atoms with E-state index in [1.54, 1.807) is 0 Å². The highest BCUT2D eigenvalue weighted by Gasteiger charge is 2.29. The van der Waals surface area contributed by atoms with Gasteiger partial charge in [-0.2, -0.15) is 0 Å².